The van der Waals surface area contributed by atoms with Gasteiger partial charge in [-0.2, -0.15) is 0 Å². The maximum absolute atomic E-state index is 12.0. The van der Waals surface area contributed by atoms with Crippen LogP contribution in [-0.4, -0.2) is 17.4 Å². The number of rotatable bonds is 2. The number of nitrogen functional groups attached to an aromatic ring is 1. The fourth-order valence-electron chi connectivity index (χ4n) is 2.26. The van der Waals surface area contributed by atoms with Crippen molar-refractivity contribution in [2.24, 2.45) is 5.92 Å². The van der Waals surface area contributed by atoms with Gasteiger partial charge in [-0.3, -0.25) is 4.79 Å². The fourth-order valence-corrected chi connectivity index (χ4v) is 2.44. The molecule has 1 fully saturated rings. The molecule has 1 unspecified atom stereocenters. The van der Waals surface area contributed by atoms with Crippen molar-refractivity contribution in [3.63, 3.8) is 0 Å². The van der Waals surface area contributed by atoms with Gasteiger partial charge in [0.1, 0.15) is 0 Å². The van der Waals surface area contributed by atoms with Gasteiger partial charge in [0.2, 0.25) is 5.91 Å². The SMILES string of the molecule is CC1CCC(=O)N(Cc2ccc(Cl)cc2N)CC1. The van der Waals surface area contributed by atoms with Crippen molar-refractivity contribution in [3.05, 3.63) is 28.8 Å². The molecule has 1 saturated heterocycles. The van der Waals surface area contributed by atoms with Crippen molar-refractivity contribution >= 4 is 23.2 Å². The fraction of sp³-hybridized carbons (Fsp3) is 0.500. The predicted molar refractivity (Wildman–Crippen MR) is 74.3 cm³/mol. The first-order chi connectivity index (χ1) is 8.56. The van der Waals surface area contributed by atoms with Crippen molar-refractivity contribution in [2.75, 3.05) is 12.3 Å². The van der Waals surface area contributed by atoms with Crippen LogP contribution in [0.2, 0.25) is 5.02 Å². The van der Waals surface area contributed by atoms with E-state index in [0.717, 1.165) is 24.9 Å². The number of likely N-dealkylation sites (tertiary alicyclic amines) is 1. The Morgan fingerprint density at radius 1 is 1.44 bits per heavy atom. The summed E-state index contributed by atoms with van der Waals surface area (Å²) in [6, 6.07) is 5.46. The molecule has 1 aliphatic heterocycles. The first kappa shape index (κ1) is 13.2. The summed E-state index contributed by atoms with van der Waals surface area (Å²) in [5, 5.41) is 0.632. The third-order valence-electron chi connectivity index (χ3n) is 3.56. The van der Waals surface area contributed by atoms with Crippen LogP contribution in [0.25, 0.3) is 0 Å². The Kier molecular flexibility index (Phi) is 4.12. The second-order valence-corrected chi connectivity index (χ2v) is 5.53. The zero-order valence-corrected chi connectivity index (χ0v) is 11.4. The number of amides is 1. The highest BCUT2D eigenvalue weighted by Crippen LogP contribution is 2.23. The smallest absolute Gasteiger partial charge is 0.222 e. The Morgan fingerprint density at radius 2 is 2.22 bits per heavy atom. The minimum atomic E-state index is 0.230. The van der Waals surface area contributed by atoms with Crippen LogP contribution in [0.15, 0.2) is 18.2 Å². The lowest BCUT2D eigenvalue weighted by atomic mass is 10.0. The van der Waals surface area contributed by atoms with Crippen LogP contribution in [0, 0.1) is 5.92 Å². The van der Waals surface area contributed by atoms with Crippen LogP contribution in [0.1, 0.15) is 31.7 Å². The summed E-state index contributed by atoms with van der Waals surface area (Å²) in [6.07, 6.45) is 2.71. The molecule has 1 aromatic carbocycles. The first-order valence-electron chi connectivity index (χ1n) is 6.38. The second-order valence-electron chi connectivity index (χ2n) is 5.09. The quantitative estimate of drug-likeness (QED) is 0.837. The van der Waals surface area contributed by atoms with Gasteiger partial charge in [0, 0.05) is 30.2 Å². The molecule has 0 spiro atoms. The van der Waals surface area contributed by atoms with Gasteiger partial charge in [-0.1, -0.05) is 24.6 Å². The number of hydrogen-bond donors (Lipinski definition) is 1. The maximum Gasteiger partial charge on any atom is 0.222 e. The van der Waals surface area contributed by atoms with Gasteiger partial charge in [-0.25, -0.2) is 0 Å². The standard InChI is InChI=1S/C14H19ClN2O/c1-10-2-5-14(18)17(7-6-10)9-11-3-4-12(15)8-13(11)16/h3-4,8,10H,2,5-7,9,16H2,1H3. The van der Waals surface area contributed by atoms with E-state index in [4.69, 9.17) is 17.3 Å². The van der Waals surface area contributed by atoms with Crippen LogP contribution in [0.3, 0.4) is 0 Å². The molecule has 98 valence electrons. The molecule has 1 heterocycles. The first-order valence-corrected chi connectivity index (χ1v) is 6.75. The van der Waals surface area contributed by atoms with Crippen LogP contribution in [0.4, 0.5) is 5.69 Å². The molecule has 18 heavy (non-hydrogen) atoms. The zero-order chi connectivity index (χ0) is 13.1. The third kappa shape index (κ3) is 3.16. The lowest BCUT2D eigenvalue weighted by Crippen LogP contribution is -2.30. The van der Waals surface area contributed by atoms with Crippen molar-refractivity contribution in [3.8, 4) is 0 Å². The Morgan fingerprint density at radius 3 is 2.94 bits per heavy atom. The summed E-state index contributed by atoms with van der Waals surface area (Å²) in [5.41, 5.74) is 7.56. The van der Waals surface area contributed by atoms with Gasteiger partial charge in [0.05, 0.1) is 0 Å². The van der Waals surface area contributed by atoms with Gasteiger partial charge in [0.25, 0.3) is 0 Å². The summed E-state index contributed by atoms with van der Waals surface area (Å²) in [5.74, 6) is 0.857. The lowest BCUT2D eigenvalue weighted by molar-refractivity contribution is -0.131. The Bertz CT molecular complexity index is 447. The van der Waals surface area contributed by atoms with Gasteiger partial charge < -0.3 is 10.6 Å². The van der Waals surface area contributed by atoms with Crippen LogP contribution in [0.5, 0.6) is 0 Å². The molecule has 2 N–H and O–H groups in total. The van der Waals surface area contributed by atoms with Crippen molar-refractivity contribution in [2.45, 2.75) is 32.7 Å². The molecule has 3 nitrogen and oxygen atoms in total. The largest absolute Gasteiger partial charge is 0.398 e. The number of halogens is 1. The molecule has 0 aliphatic carbocycles. The number of nitrogens with two attached hydrogens (primary N) is 1. The molecule has 1 amide bonds. The highest BCUT2D eigenvalue weighted by atomic mass is 35.5. The van der Waals surface area contributed by atoms with Crippen LogP contribution in [-0.2, 0) is 11.3 Å². The minimum absolute atomic E-state index is 0.230. The minimum Gasteiger partial charge on any atom is -0.398 e. The van der Waals surface area contributed by atoms with Gasteiger partial charge in [-0.15, -0.1) is 0 Å². The van der Waals surface area contributed by atoms with Gasteiger partial charge >= 0.3 is 0 Å². The van der Waals surface area contributed by atoms with E-state index in [1.807, 2.05) is 17.0 Å². The number of carbonyl (C=O) groups is 1. The molecule has 2 rings (SSSR count). The molecule has 4 heteroatoms. The van der Waals surface area contributed by atoms with E-state index >= 15 is 0 Å². The third-order valence-corrected chi connectivity index (χ3v) is 3.80. The molecular weight excluding hydrogens is 248 g/mol. The van der Waals surface area contributed by atoms with E-state index in [0.29, 0.717) is 29.6 Å². The average Bonchev–Trinajstić information content (AvgIpc) is 2.47. The normalized spacial score (nSPS) is 20.9. The zero-order valence-electron chi connectivity index (χ0n) is 10.7. The summed E-state index contributed by atoms with van der Waals surface area (Å²) in [4.78, 5) is 13.9. The molecule has 0 radical (unpaired) electrons. The van der Waals surface area contributed by atoms with Crippen molar-refractivity contribution < 1.29 is 4.79 Å². The summed E-state index contributed by atoms with van der Waals surface area (Å²) in [6.45, 7) is 3.62. The molecule has 1 aliphatic rings. The number of benzene rings is 1. The van der Waals surface area contributed by atoms with E-state index in [9.17, 15) is 4.79 Å². The molecule has 0 aromatic heterocycles. The Balaban J connectivity index is 2.09. The van der Waals surface area contributed by atoms with E-state index < -0.39 is 0 Å². The lowest BCUT2D eigenvalue weighted by Gasteiger charge is -2.21. The molecule has 1 atom stereocenters. The predicted octanol–water partition coefficient (Wildman–Crippen LogP) is 3.07. The topological polar surface area (TPSA) is 46.3 Å². The van der Waals surface area contributed by atoms with E-state index in [-0.39, 0.29) is 5.91 Å². The highest BCUT2D eigenvalue weighted by molar-refractivity contribution is 6.30. The van der Waals surface area contributed by atoms with Crippen molar-refractivity contribution in [1.82, 2.24) is 4.90 Å². The number of anilines is 1. The highest BCUT2D eigenvalue weighted by Gasteiger charge is 2.20. The molecule has 1 aromatic rings. The Labute approximate surface area is 113 Å². The summed E-state index contributed by atoms with van der Waals surface area (Å²) in [7, 11) is 0. The van der Waals surface area contributed by atoms with Gasteiger partial charge in [-0.05, 0) is 36.5 Å². The average molecular weight is 267 g/mol. The number of hydrogen-bond acceptors (Lipinski definition) is 2. The van der Waals surface area contributed by atoms with E-state index in [1.54, 1.807) is 6.07 Å². The van der Waals surface area contributed by atoms with Crippen molar-refractivity contribution in [1.29, 1.82) is 0 Å². The maximum atomic E-state index is 12.0. The molecule has 0 bridgehead atoms. The summed E-state index contributed by atoms with van der Waals surface area (Å²) < 4.78 is 0. The van der Waals surface area contributed by atoms with E-state index in [1.165, 1.54) is 0 Å². The van der Waals surface area contributed by atoms with Crippen LogP contribution < -0.4 is 5.73 Å². The Hall–Kier alpha value is -1.22. The summed E-state index contributed by atoms with van der Waals surface area (Å²) >= 11 is 5.87. The van der Waals surface area contributed by atoms with E-state index in [2.05, 4.69) is 6.92 Å². The second kappa shape index (κ2) is 5.61. The van der Waals surface area contributed by atoms with Crippen LogP contribution >= 0.6 is 11.6 Å². The number of nitrogens with zero attached hydrogens (tertiary/aromatic N) is 1. The monoisotopic (exact) mass is 266 g/mol. The molecule has 0 saturated carbocycles. The number of carbonyl (C=O) groups excluding carboxylic acids is 1. The molecular formula is C14H19ClN2O. The van der Waals surface area contributed by atoms with Gasteiger partial charge in [0.15, 0.2) is 0 Å².